The van der Waals surface area contributed by atoms with Crippen molar-refractivity contribution in [2.24, 2.45) is 0 Å². The molecule has 2 aromatic heterocycles. The van der Waals surface area contributed by atoms with Gasteiger partial charge in [-0.05, 0) is 30.7 Å². The quantitative estimate of drug-likeness (QED) is 0.785. The Bertz CT molecular complexity index is 687. The molecule has 0 bridgehead atoms. The van der Waals surface area contributed by atoms with Crippen LogP contribution in [0.3, 0.4) is 0 Å². The van der Waals surface area contributed by atoms with Gasteiger partial charge in [0.2, 0.25) is 0 Å². The molecule has 0 fully saturated rings. The van der Waals surface area contributed by atoms with Crippen LogP contribution in [0.1, 0.15) is 24.2 Å². The molecule has 4 heteroatoms. The molecule has 3 rings (SSSR count). The van der Waals surface area contributed by atoms with Crippen molar-refractivity contribution in [3.63, 3.8) is 0 Å². The van der Waals surface area contributed by atoms with E-state index in [-0.39, 0.29) is 6.04 Å². The fourth-order valence-corrected chi connectivity index (χ4v) is 2.89. The molecule has 2 heterocycles. The van der Waals surface area contributed by atoms with Crippen molar-refractivity contribution in [3.05, 3.63) is 70.6 Å². The second-order valence-electron chi connectivity index (χ2n) is 4.82. The Hall–Kier alpha value is -1.65. The summed E-state index contributed by atoms with van der Waals surface area (Å²) in [5.41, 5.74) is 3.30. The summed E-state index contributed by atoms with van der Waals surface area (Å²) in [5, 5.41) is 3.51. The summed E-state index contributed by atoms with van der Waals surface area (Å²) in [6, 6.07) is 14.6. The summed E-state index contributed by atoms with van der Waals surface area (Å²) in [6.45, 7) is 2.92. The lowest BCUT2D eigenvalue weighted by atomic mass is 10.1. The van der Waals surface area contributed by atoms with Crippen LogP contribution >= 0.6 is 15.9 Å². The maximum Gasteiger partial charge on any atom is 0.137 e. The van der Waals surface area contributed by atoms with E-state index >= 15 is 0 Å². The molecule has 0 radical (unpaired) electrons. The van der Waals surface area contributed by atoms with E-state index in [1.165, 1.54) is 5.56 Å². The van der Waals surface area contributed by atoms with Crippen LogP contribution in [0.4, 0.5) is 0 Å². The highest BCUT2D eigenvalue weighted by Gasteiger charge is 2.09. The van der Waals surface area contributed by atoms with Crippen LogP contribution in [0.25, 0.3) is 5.65 Å². The molecular formula is C16H16BrN3. The Morgan fingerprint density at radius 1 is 1.20 bits per heavy atom. The second kappa shape index (κ2) is 5.77. The fourth-order valence-electron chi connectivity index (χ4n) is 2.27. The van der Waals surface area contributed by atoms with Crippen LogP contribution in [0.5, 0.6) is 0 Å². The lowest BCUT2D eigenvalue weighted by molar-refractivity contribution is 0.567. The van der Waals surface area contributed by atoms with Gasteiger partial charge >= 0.3 is 0 Å². The van der Waals surface area contributed by atoms with Crippen LogP contribution < -0.4 is 5.32 Å². The zero-order chi connectivity index (χ0) is 13.9. The number of hydrogen-bond donors (Lipinski definition) is 1. The highest BCUT2D eigenvalue weighted by atomic mass is 79.9. The van der Waals surface area contributed by atoms with Crippen molar-refractivity contribution in [3.8, 4) is 0 Å². The van der Waals surface area contributed by atoms with Gasteiger partial charge in [-0.3, -0.25) is 0 Å². The predicted octanol–water partition coefficient (Wildman–Crippen LogP) is 3.95. The SMILES string of the molecule is C[C@@H](NCc1cn2ccccc2n1)c1ccccc1Br. The smallest absolute Gasteiger partial charge is 0.137 e. The van der Waals surface area contributed by atoms with Crippen LogP contribution in [-0.2, 0) is 6.54 Å². The number of rotatable bonds is 4. The first-order valence-corrected chi connectivity index (χ1v) is 7.44. The summed E-state index contributed by atoms with van der Waals surface area (Å²) in [4.78, 5) is 4.59. The first kappa shape index (κ1) is 13.3. The normalized spacial score (nSPS) is 12.7. The number of halogens is 1. The zero-order valence-corrected chi connectivity index (χ0v) is 12.8. The maximum absolute atomic E-state index is 4.59. The van der Waals surface area contributed by atoms with Gasteiger partial charge in [0.05, 0.1) is 5.69 Å². The summed E-state index contributed by atoms with van der Waals surface area (Å²) < 4.78 is 3.18. The number of aromatic nitrogens is 2. The number of fused-ring (bicyclic) bond motifs is 1. The minimum atomic E-state index is 0.274. The van der Waals surface area contributed by atoms with Crippen LogP contribution in [-0.4, -0.2) is 9.38 Å². The van der Waals surface area contributed by atoms with E-state index in [1.54, 1.807) is 0 Å². The summed E-state index contributed by atoms with van der Waals surface area (Å²) in [7, 11) is 0. The number of imidazole rings is 1. The number of nitrogens with one attached hydrogen (secondary N) is 1. The first-order chi connectivity index (χ1) is 9.74. The van der Waals surface area contributed by atoms with Gasteiger partial charge < -0.3 is 9.72 Å². The number of nitrogens with zero attached hydrogens (tertiary/aromatic N) is 2. The molecule has 3 aromatic rings. The predicted molar refractivity (Wildman–Crippen MR) is 84.6 cm³/mol. The minimum absolute atomic E-state index is 0.274. The van der Waals surface area contributed by atoms with Crippen LogP contribution in [0, 0.1) is 0 Å². The van der Waals surface area contributed by atoms with Crippen LogP contribution in [0.2, 0.25) is 0 Å². The molecule has 0 amide bonds. The van der Waals surface area contributed by atoms with Crippen molar-refractivity contribution in [1.82, 2.24) is 14.7 Å². The summed E-state index contributed by atoms with van der Waals surface area (Å²) in [5.74, 6) is 0. The van der Waals surface area contributed by atoms with Crippen molar-refractivity contribution in [1.29, 1.82) is 0 Å². The molecule has 1 N–H and O–H groups in total. The van der Waals surface area contributed by atoms with E-state index in [0.717, 1.165) is 22.4 Å². The van der Waals surface area contributed by atoms with Gasteiger partial charge in [-0.15, -0.1) is 0 Å². The largest absolute Gasteiger partial charge is 0.307 e. The molecule has 1 aromatic carbocycles. The molecular weight excluding hydrogens is 314 g/mol. The van der Waals surface area contributed by atoms with Gasteiger partial charge in [0.25, 0.3) is 0 Å². The van der Waals surface area contributed by atoms with E-state index in [0.29, 0.717) is 0 Å². The topological polar surface area (TPSA) is 29.3 Å². The van der Waals surface area contributed by atoms with E-state index in [2.05, 4.69) is 57.6 Å². The highest BCUT2D eigenvalue weighted by molar-refractivity contribution is 9.10. The standard InChI is InChI=1S/C16H16BrN3/c1-12(14-6-2-3-7-15(14)17)18-10-13-11-20-9-5-4-8-16(20)19-13/h2-9,11-12,18H,10H2,1H3/t12-/m1/s1. The molecule has 0 saturated heterocycles. The average molecular weight is 330 g/mol. The molecule has 0 unspecified atom stereocenters. The fraction of sp³-hybridized carbons (Fsp3) is 0.188. The average Bonchev–Trinajstić information content (AvgIpc) is 2.88. The van der Waals surface area contributed by atoms with Gasteiger partial charge in [0, 0.05) is 29.5 Å². The third kappa shape index (κ3) is 2.76. The molecule has 0 aliphatic carbocycles. The van der Waals surface area contributed by atoms with Gasteiger partial charge in [-0.2, -0.15) is 0 Å². The van der Waals surface area contributed by atoms with E-state index in [1.807, 2.05) is 34.9 Å². The van der Waals surface area contributed by atoms with Gasteiger partial charge in [0.1, 0.15) is 5.65 Å². The number of benzene rings is 1. The molecule has 20 heavy (non-hydrogen) atoms. The third-order valence-electron chi connectivity index (χ3n) is 3.37. The number of hydrogen-bond acceptors (Lipinski definition) is 2. The van der Waals surface area contributed by atoms with E-state index in [4.69, 9.17) is 0 Å². The van der Waals surface area contributed by atoms with E-state index < -0.39 is 0 Å². The van der Waals surface area contributed by atoms with Gasteiger partial charge in [-0.1, -0.05) is 40.2 Å². The lowest BCUT2D eigenvalue weighted by Gasteiger charge is -2.14. The van der Waals surface area contributed by atoms with Crippen molar-refractivity contribution >= 4 is 21.6 Å². The Balaban J connectivity index is 1.71. The molecule has 1 atom stereocenters. The highest BCUT2D eigenvalue weighted by Crippen LogP contribution is 2.22. The summed E-state index contributed by atoms with van der Waals surface area (Å²) >= 11 is 3.59. The second-order valence-corrected chi connectivity index (χ2v) is 5.68. The van der Waals surface area contributed by atoms with Crippen molar-refractivity contribution in [2.45, 2.75) is 19.5 Å². The summed E-state index contributed by atoms with van der Waals surface area (Å²) in [6.07, 6.45) is 4.08. The lowest BCUT2D eigenvalue weighted by Crippen LogP contribution is -2.18. The number of pyridine rings is 1. The molecule has 0 spiro atoms. The Labute approximate surface area is 126 Å². The Morgan fingerprint density at radius 3 is 2.80 bits per heavy atom. The molecule has 0 saturated carbocycles. The minimum Gasteiger partial charge on any atom is -0.307 e. The monoisotopic (exact) mass is 329 g/mol. The van der Waals surface area contributed by atoms with Crippen LogP contribution in [0.15, 0.2) is 59.3 Å². The zero-order valence-electron chi connectivity index (χ0n) is 11.3. The maximum atomic E-state index is 4.59. The molecule has 102 valence electrons. The molecule has 3 nitrogen and oxygen atoms in total. The first-order valence-electron chi connectivity index (χ1n) is 6.64. The Kier molecular flexibility index (Phi) is 3.85. The van der Waals surface area contributed by atoms with Gasteiger partial charge in [-0.25, -0.2) is 4.98 Å². The molecule has 0 aliphatic rings. The molecule has 0 aliphatic heterocycles. The van der Waals surface area contributed by atoms with E-state index in [9.17, 15) is 0 Å². The van der Waals surface area contributed by atoms with Gasteiger partial charge in [0.15, 0.2) is 0 Å². The van der Waals surface area contributed by atoms with Crippen molar-refractivity contribution < 1.29 is 0 Å². The van der Waals surface area contributed by atoms with Crippen molar-refractivity contribution in [2.75, 3.05) is 0 Å². The Morgan fingerprint density at radius 2 is 2.00 bits per heavy atom. The third-order valence-corrected chi connectivity index (χ3v) is 4.10.